The predicted octanol–water partition coefficient (Wildman–Crippen LogP) is 0.789. The van der Waals surface area contributed by atoms with Gasteiger partial charge in [-0.3, -0.25) is 14.4 Å². The quantitative estimate of drug-likeness (QED) is 0.653. The Bertz CT molecular complexity index is 648. The minimum absolute atomic E-state index is 0.00380. The highest BCUT2D eigenvalue weighted by molar-refractivity contribution is 5.92. The maximum Gasteiger partial charge on any atom is 0.289 e. The van der Waals surface area contributed by atoms with Crippen LogP contribution in [0.15, 0.2) is 22.8 Å². The lowest BCUT2D eigenvalue weighted by molar-refractivity contribution is -0.131. The van der Waals surface area contributed by atoms with Crippen LogP contribution in [0.1, 0.15) is 36.2 Å². The monoisotopic (exact) mass is 377 g/mol. The molecule has 1 atom stereocenters. The number of carbonyl (C=O) groups excluding carboxylic acids is 3. The molecule has 1 aliphatic carbocycles. The third kappa shape index (κ3) is 5.09. The van der Waals surface area contributed by atoms with Crippen molar-refractivity contribution in [2.45, 2.75) is 31.7 Å². The van der Waals surface area contributed by atoms with E-state index in [0.29, 0.717) is 44.8 Å². The smallest absolute Gasteiger partial charge is 0.289 e. The van der Waals surface area contributed by atoms with Crippen molar-refractivity contribution in [3.63, 3.8) is 0 Å². The van der Waals surface area contributed by atoms with Crippen molar-refractivity contribution in [3.05, 3.63) is 24.2 Å². The van der Waals surface area contributed by atoms with Crippen LogP contribution in [0.3, 0.4) is 0 Å². The molecular formula is C19H27N3O5. The van der Waals surface area contributed by atoms with Crippen LogP contribution in [-0.4, -0.2) is 62.0 Å². The fourth-order valence-electron chi connectivity index (χ4n) is 3.39. The minimum Gasteiger partial charge on any atom is -0.459 e. The fourth-order valence-corrected chi connectivity index (χ4v) is 3.39. The van der Waals surface area contributed by atoms with Crippen molar-refractivity contribution in [2.24, 2.45) is 11.8 Å². The van der Waals surface area contributed by atoms with Crippen LogP contribution in [0, 0.1) is 11.8 Å². The molecule has 1 saturated carbocycles. The lowest BCUT2D eigenvalue weighted by Crippen LogP contribution is -2.54. The lowest BCUT2D eigenvalue weighted by atomic mass is 9.88. The molecule has 2 aliphatic rings. The lowest BCUT2D eigenvalue weighted by Gasteiger charge is -2.35. The Morgan fingerprint density at radius 1 is 1.26 bits per heavy atom. The first-order valence-electron chi connectivity index (χ1n) is 9.50. The third-order valence-corrected chi connectivity index (χ3v) is 5.16. The van der Waals surface area contributed by atoms with E-state index in [0.717, 1.165) is 12.8 Å². The minimum atomic E-state index is -0.573. The number of hydrogen-bond donors (Lipinski definition) is 2. The maximum absolute atomic E-state index is 12.6. The summed E-state index contributed by atoms with van der Waals surface area (Å²) in [7, 11) is 1.57. The predicted molar refractivity (Wildman–Crippen MR) is 96.9 cm³/mol. The Balaban J connectivity index is 1.58. The number of ether oxygens (including phenoxy) is 1. The molecule has 1 saturated heterocycles. The molecule has 8 nitrogen and oxygen atoms in total. The Morgan fingerprint density at radius 2 is 2.00 bits per heavy atom. The summed E-state index contributed by atoms with van der Waals surface area (Å²) in [6.45, 7) is 1.89. The van der Waals surface area contributed by atoms with Gasteiger partial charge in [0.05, 0.1) is 12.9 Å². The van der Waals surface area contributed by atoms with Gasteiger partial charge in [-0.25, -0.2) is 0 Å². The molecule has 1 aromatic heterocycles. The Hall–Kier alpha value is -2.35. The van der Waals surface area contributed by atoms with Gasteiger partial charge in [-0.2, -0.15) is 0 Å². The molecule has 2 N–H and O–H groups in total. The number of methoxy groups -OCH3 is 1. The molecule has 2 fully saturated rings. The van der Waals surface area contributed by atoms with Crippen molar-refractivity contribution < 1.29 is 23.5 Å². The number of piperidine rings is 1. The highest BCUT2D eigenvalue weighted by Gasteiger charge is 2.37. The van der Waals surface area contributed by atoms with Crippen molar-refractivity contribution in [2.75, 3.05) is 33.4 Å². The van der Waals surface area contributed by atoms with Crippen LogP contribution in [-0.2, 0) is 14.3 Å². The molecule has 148 valence electrons. The summed E-state index contributed by atoms with van der Waals surface area (Å²) in [5.74, 6) is -0.00505. The maximum atomic E-state index is 12.6. The van der Waals surface area contributed by atoms with Crippen molar-refractivity contribution >= 4 is 17.7 Å². The number of nitrogens with one attached hydrogen (secondary N) is 2. The molecule has 3 amide bonds. The third-order valence-electron chi connectivity index (χ3n) is 5.16. The standard InChI is InChI=1S/C19H27N3O5/c1-26-12-8-20-18(24)16(21-17(23)14-4-5-14)13-6-9-22(10-7-13)19(25)15-3-2-11-27-15/h2-3,11,13-14,16H,4-10,12H2,1H3,(H,20,24)(H,21,23). The van der Waals surface area contributed by atoms with Crippen molar-refractivity contribution in [1.29, 1.82) is 0 Å². The molecule has 0 bridgehead atoms. The topological polar surface area (TPSA) is 101 Å². The molecule has 2 heterocycles. The number of amides is 3. The zero-order chi connectivity index (χ0) is 19.2. The average molecular weight is 377 g/mol. The summed E-state index contributed by atoms with van der Waals surface area (Å²) < 4.78 is 10.1. The number of likely N-dealkylation sites (tertiary alicyclic amines) is 1. The van der Waals surface area contributed by atoms with Gasteiger partial charge in [0.1, 0.15) is 6.04 Å². The zero-order valence-electron chi connectivity index (χ0n) is 15.6. The number of furan rings is 1. The van der Waals surface area contributed by atoms with Crippen LogP contribution >= 0.6 is 0 Å². The largest absolute Gasteiger partial charge is 0.459 e. The molecule has 1 aliphatic heterocycles. The number of hydrogen-bond acceptors (Lipinski definition) is 5. The summed E-state index contributed by atoms with van der Waals surface area (Å²) in [5.41, 5.74) is 0. The van der Waals surface area contributed by atoms with Gasteiger partial charge in [-0.1, -0.05) is 0 Å². The van der Waals surface area contributed by atoms with E-state index in [1.807, 2.05) is 0 Å². The summed E-state index contributed by atoms with van der Waals surface area (Å²) in [6, 6.07) is 2.76. The van der Waals surface area contributed by atoms with Crippen LogP contribution in [0.25, 0.3) is 0 Å². The van der Waals surface area contributed by atoms with Gasteiger partial charge in [0.15, 0.2) is 5.76 Å². The van der Waals surface area contributed by atoms with Crippen molar-refractivity contribution in [1.82, 2.24) is 15.5 Å². The molecule has 0 radical (unpaired) electrons. The number of rotatable bonds is 8. The average Bonchev–Trinajstić information content (AvgIpc) is 3.40. The van der Waals surface area contributed by atoms with E-state index in [-0.39, 0.29) is 29.6 Å². The van der Waals surface area contributed by atoms with Gasteiger partial charge < -0.3 is 24.7 Å². The van der Waals surface area contributed by atoms with Crippen LogP contribution < -0.4 is 10.6 Å². The van der Waals surface area contributed by atoms with E-state index < -0.39 is 6.04 Å². The van der Waals surface area contributed by atoms with E-state index in [1.54, 1.807) is 24.1 Å². The fraction of sp³-hybridized carbons (Fsp3) is 0.632. The van der Waals surface area contributed by atoms with Gasteiger partial charge in [0.25, 0.3) is 5.91 Å². The van der Waals surface area contributed by atoms with Gasteiger partial charge in [0.2, 0.25) is 11.8 Å². The Kier molecular flexibility index (Phi) is 6.49. The normalized spacial score (nSPS) is 18.8. The van der Waals surface area contributed by atoms with Crippen LogP contribution in [0.4, 0.5) is 0 Å². The summed E-state index contributed by atoms with van der Waals surface area (Å²) in [5, 5.41) is 5.76. The summed E-state index contributed by atoms with van der Waals surface area (Å²) >= 11 is 0. The zero-order valence-corrected chi connectivity index (χ0v) is 15.6. The number of carbonyl (C=O) groups is 3. The highest BCUT2D eigenvalue weighted by Crippen LogP contribution is 2.30. The Morgan fingerprint density at radius 3 is 2.59 bits per heavy atom. The summed E-state index contributed by atoms with van der Waals surface area (Å²) in [6.07, 6.45) is 4.56. The van der Waals surface area contributed by atoms with E-state index in [1.165, 1.54) is 6.26 Å². The van der Waals surface area contributed by atoms with Gasteiger partial charge >= 0.3 is 0 Å². The summed E-state index contributed by atoms with van der Waals surface area (Å²) in [4.78, 5) is 39.0. The van der Waals surface area contributed by atoms with E-state index >= 15 is 0 Å². The molecule has 8 heteroatoms. The van der Waals surface area contributed by atoms with Gasteiger partial charge in [-0.05, 0) is 43.7 Å². The molecule has 0 aromatic carbocycles. The number of nitrogens with zero attached hydrogens (tertiary/aromatic N) is 1. The molecule has 0 spiro atoms. The highest BCUT2D eigenvalue weighted by atomic mass is 16.5. The SMILES string of the molecule is COCCNC(=O)C(NC(=O)C1CC1)C1CCN(C(=O)c2ccco2)CC1. The van der Waals surface area contributed by atoms with Crippen LogP contribution in [0.5, 0.6) is 0 Å². The van der Waals surface area contributed by atoms with Gasteiger partial charge in [-0.15, -0.1) is 0 Å². The second-order valence-electron chi connectivity index (χ2n) is 7.15. The second-order valence-corrected chi connectivity index (χ2v) is 7.15. The van der Waals surface area contributed by atoms with E-state index in [9.17, 15) is 14.4 Å². The molecule has 3 rings (SSSR count). The first-order valence-corrected chi connectivity index (χ1v) is 9.50. The molecule has 1 unspecified atom stereocenters. The second kappa shape index (κ2) is 9.03. The van der Waals surface area contributed by atoms with Crippen LogP contribution in [0.2, 0.25) is 0 Å². The molecule has 27 heavy (non-hydrogen) atoms. The first-order chi connectivity index (χ1) is 13.1. The Labute approximate surface area is 158 Å². The van der Waals surface area contributed by atoms with Gasteiger partial charge in [0, 0.05) is 32.7 Å². The molecule has 1 aromatic rings. The molecular weight excluding hydrogens is 350 g/mol. The first kappa shape index (κ1) is 19.4. The van der Waals surface area contributed by atoms with E-state index in [2.05, 4.69) is 10.6 Å². The van der Waals surface area contributed by atoms with Crippen molar-refractivity contribution in [3.8, 4) is 0 Å². The van der Waals surface area contributed by atoms with E-state index in [4.69, 9.17) is 9.15 Å².